The van der Waals surface area contributed by atoms with Gasteiger partial charge >= 0.3 is 0 Å². The minimum Gasteiger partial charge on any atom is -1.00 e. The Morgan fingerprint density at radius 3 is 1.16 bits per heavy atom. The van der Waals surface area contributed by atoms with Crippen molar-refractivity contribution in [3.05, 3.63) is 89.5 Å². The van der Waals surface area contributed by atoms with Gasteiger partial charge < -0.3 is 12.4 Å². The molecule has 0 spiro atoms. The maximum absolute atomic E-state index is 2.39. The van der Waals surface area contributed by atoms with Gasteiger partial charge in [0.1, 0.15) is 23.2 Å². The van der Waals surface area contributed by atoms with E-state index in [-0.39, 0.29) is 12.4 Å². The number of hydrogen-bond acceptors (Lipinski definition) is 0. The average molecular weight is 369 g/mol. The molecule has 0 aliphatic carbocycles. The van der Waals surface area contributed by atoms with Gasteiger partial charge in [-0.1, -0.05) is 36.4 Å². The van der Waals surface area contributed by atoms with Crippen LogP contribution in [-0.4, -0.2) is 6.16 Å². The Morgan fingerprint density at radius 2 is 0.920 bits per heavy atom. The summed E-state index contributed by atoms with van der Waals surface area (Å²) in [7, 11) is -1.61. The molecule has 2 heteroatoms. The van der Waals surface area contributed by atoms with E-state index in [0.717, 1.165) is 6.16 Å². The lowest BCUT2D eigenvalue weighted by molar-refractivity contribution is -0.00000500. The lowest BCUT2D eigenvalue weighted by Gasteiger charge is -2.27. The van der Waals surface area contributed by atoms with E-state index >= 15 is 0 Å². The summed E-state index contributed by atoms with van der Waals surface area (Å²) in [4.78, 5) is 0. The molecule has 0 saturated heterocycles. The molecule has 0 fully saturated rings. The van der Waals surface area contributed by atoms with Crippen LogP contribution in [0.2, 0.25) is 0 Å². The maximum Gasteiger partial charge on any atom is 0.111 e. The van der Waals surface area contributed by atoms with Crippen LogP contribution >= 0.6 is 7.26 Å². The first-order valence-corrected chi connectivity index (χ1v) is 10.6. The van der Waals surface area contributed by atoms with Crippen molar-refractivity contribution in [1.29, 1.82) is 0 Å². The van der Waals surface area contributed by atoms with Gasteiger partial charge in [-0.25, -0.2) is 0 Å². The maximum atomic E-state index is 2.39. The Bertz CT molecular complexity index is 743. The first-order valence-electron chi connectivity index (χ1n) is 8.66. The van der Waals surface area contributed by atoms with Gasteiger partial charge in [0.15, 0.2) is 0 Å². The van der Waals surface area contributed by atoms with Crippen LogP contribution in [0.25, 0.3) is 0 Å². The summed E-state index contributed by atoms with van der Waals surface area (Å²) in [5.74, 6) is 0. The number of halogens is 1. The van der Waals surface area contributed by atoms with Crippen LogP contribution in [0.5, 0.6) is 0 Å². The van der Waals surface area contributed by atoms with E-state index in [2.05, 4.69) is 100 Å². The van der Waals surface area contributed by atoms with Gasteiger partial charge in [-0.2, -0.15) is 0 Å². The molecule has 0 bridgehead atoms. The summed E-state index contributed by atoms with van der Waals surface area (Å²) in [6.45, 7) is 8.93. The molecule has 0 aromatic heterocycles. The fraction of sp³-hybridized carbons (Fsp3) is 0.217. The summed E-state index contributed by atoms with van der Waals surface area (Å²) in [6, 6.07) is 27.4. The van der Waals surface area contributed by atoms with Crippen LogP contribution in [-0.2, 0) is 0 Å². The van der Waals surface area contributed by atoms with Crippen molar-refractivity contribution in [3.8, 4) is 0 Å². The lowest BCUT2D eigenvalue weighted by Crippen LogP contribution is -3.00. The lowest BCUT2D eigenvalue weighted by atomic mass is 10.2. The molecule has 3 aromatic carbocycles. The fourth-order valence-electron chi connectivity index (χ4n) is 3.59. The second kappa shape index (κ2) is 8.17. The zero-order valence-electron chi connectivity index (χ0n) is 15.5. The van der Waals surface area contributed by atoms with Gasteiger partial charge in [0, 0.05) is 0 Å². The molecular weight excluding hydrogens is 343 g/mol. The fourth-order valence-corrected chi connectivity index (χ4v) is 7.87. The first-order chi connectivity index (χ1) is 11.6. The monoisotopic (exact) mass is 368 g/mol. The molecule has 0 radical (unpaired) electrons. The van der Waals surface area contributed by atoms with Crippen LogP contribution in [0.15, 0.2) is 72.8 Å². The minimum absolute atomic E-state index is 0. The molecule has 0 amide bonds. The Balaban J connectivity index is 0.00000225. The Labute approximate surface area is 159 Å². The molecule has 3 aromatic rings. The van der Waals surface area contributed by atoms with Crippen LogP contribution in [0.3, 0.4) is 0 Å². The van der Waals surface area contributed by atoms with E-state index in [0.29, 0.717) is 0 Å². The van der Waals surface area contributed by atoms with Crippen molar-refractivity contribution < 1.29 is 12.4 Å². The van der Waals surface area contributed by atoms with Gasteiger partial charge in [0.2, 0.25) is 0 Å². The zero-order chi connectivity index (χ0) is 17.2. The Kier molecular flexibility index (Phi) is 6.44. The van der Waals surface area contributed by atoms with E-state index in [9.17, 15) is 0 Å². The molecular formula is C23H26ClP. The van der Waals surface area contributed by atoms with Crippen molar-refractivity contribution in [2.45, 2.75) is 27.7 Å². The molecule has 0 nitrogen and oxygen atoms in total. The quantitative estimate of drug-likeness (QED) is 0.617. The third kappa shape index (κ3) is 3.81. The molecule has 0 aliphatic rings. The third-order valence-corrected chi connectivity index (χ3v) is 9.23. The Hall–Kier alpha value is -1.62. The predicted octanol–water partition coefficient (Wildman–Crippen LogP) is 1.93. The Morgan fingerprint density at radius 1 is 0.600 bits per heavy atom. The van der Waals surface area contributed by atoms with E-state index in [1.54, 1.807) is 0 Å². The minimum atomic E-state index is -1.61. The smallest absolute Gasteiger partial charge is 0.111 e. The molecule has 130 valence electrons. The highest BCUT2D eigenvalue weighted by Gasteiger charge is 2.43. The largest absolute Gasteiger partial charge is 1.00 e. The van der Waals surface area contributed by atoms with Crippen molar-refractivity contribution in [3.63, 3.8) is 0 Å². The third-order valence-electron chi connectivity index (χ3n) is 4.80. The molecule has 0 unspecified atom stereocenters. The predicted molar refractivity (Wildman–Crippen MR) is 110 cm³/mol. The van der Waals surface area contributed by atoms with Gasteiger partial charge in [0.25, 0.3) is 0 Å². The summed E-state index contributed by atoms with van der Waals surface area (Å²) in [5.41, 5.74) is 4.02. The van der Waals surface area contributed by atoms with Crippen LogP contribution in [0.4, 0.5) is 0 Å². The highest BCUT2D eigenvalue weighted by Crippen LogP contribution is 2.55. The molecule has 0 heterocycles. The summed E-state index contributed by atoms with van der Waals surface area (Å²) >= 11 is 0. The number of aryl methyl sites for hydroxylation is 3. The number of hydrogen-bond donors (Lipinski definition) is 0. The van der Waals surface area contributed by atoms with Crippen molar-refractivity contribution in [2.24, 2.45) is 0 Å². The second-order valence-electron chi connectivity index (χ2n) is 6.64. The van der Waals surface area contributed by atoms with Gasteiger partial charge in [-0.3, -0.25) is 0 Å². The summed E-state index contributed by atoms with van der Waals surface area (Å²) < 4.78 is 0. The molecule has 25 heavy (non-hydrogen) atoms. The van der Waals surface area contributed by atoms with E-state index in [4.69, 9.17) is 0 Å². The number of rotatable bonds is 4. The summed E-state index contributed by atoms with van der Waals surface area (Å²) in [6.07, 6.45) is 1.14. The standard InChI is InChI=1S/C23H26P.ClH/c1-5-24(21-12-6-9-18(2)15-21,22-13-7-10-19(3)16-22)23-14-8-11-20(4)17-23;/h6-17H,5H2,1-4H3;1H/q+1;/p-1. The van der Waals surface area contributed by atoms with Gasteiger partial charge in [-0.05, 0) is 80.8 Å². The van der Waals surface area contributed by atoms with E-state index in [1.165, 1.54) is 32.6 Å². The summed E-state index contributed by atoms with van der Waals surface area (Å²) in [5, 5.41) is 4.46. The molecule has 0 N–H and O–H groups in total. The molecule has 0 aliphatic heterocycles. The van der Waals surface area contributed by atoms with Crippen molar-refractivity contribution in [2.75, 3.05) is 6.16 Å². The van der Waals surface area contributed by atoms with Crippen LogP contribution in [0, 0.1) is 20.8 Å². The van der Waals surface area contributed by atoms with Gasteiger partial charge in [0.05, 0.1) is 6.16 Å². The molecule has 0 atom stereocenters. The second-order valence-corrected chi connectivity index (χ2v) is 10.4. The van der Waals surface area contributed by atoms with Crippen molar-refractivity contribution in [1.82, 2.24) is 0 Å². The van der Waals surface area contributed by atoms with Crippen molar-refractivity contribution >= 4 is 23.2 Å². The first kappa shape index (κ1) is 19.7. The normalized spacial score (nSPS) is 11.0. The number of benzene rings is 3. The molecule has 0 saturated carbocycles. The molecule has 3 rings (SSSR count). The van der Waals surface area contributed by atoms with E-state index < -0.39 is 7.26 Å². The average Bonchev–Trinajstić information content (AvgIpc) is 2.56. The topological polar surface area (TPSA) is 0 Å². The zero-order valence-corrected chi connectivity index (χ0v) is 17.1. The highest BCUT2D eigenvalue weighted by molar-refractivity contribution is 7.95. The highest BCUT2D eigenvalue weighted by atomic mass is 35.5. The van der Waals surface area contributed by atoms with E-state index in [1.807, 2.05) is 0 Å². The van der Waals surface area contributed by atoms with Crippen LogP contribution < -0.4 is 28.3 Å². The van der Waals surface area contributed by atoms with Crippen LogP contribution in [0.1, 0.15) is 23.6 Å². The SMILES string of the molecule is CC[P+](c1cccc(C)c1)(c1cccc(C)c1)c1cccc(C)c1.[Cl-]. The van der Waals surface area contributed by atoms with Gasteiger partial charge in [-0.15, -0.1) is 0 Å².